The van der Waals surface area contributed by atoms with Gasteiger partial charge >= 0.3 is 0 Å². The summed E-state index contributed by atoms with van der Waals surface area (Å²) in [6, 6.07) is 9.60. The topological polar surface area (TPSA) is 94.2 Å². The molecule has 114 valence electrons. The number of pyridine rings is 1. The zero-order valence-corrected chi connectivity index (χ0v) is 12.0. The first-order valence-electron chi connectivity index (χ1n) is 6.78. The number of nitrogens with one attached hydrogen (secondary N) is 1. The van der Waals surface area contributed by atoms with Crippen LogP contribution in [-0.2, 0) is 6.54 Å². The Labute approximate surface area is 126 Å². The summed E-state index contributed by atoms with van der Waals surface area (Å²) in [5, 5.41) is 13.5. The van der Waals surface area contributed by atoms with E-state index in [1.807, 2.05) is 6.92 Å². The standard InChI is InChI=1S/C15H15N3O4/c1-2-8-17-10-12(18(21)22)9-13(15(17)20)14(19)16-11-6-4-3-5-7-11/h3-7,9-10H,2,8H2,1H3,(H,16,19). The summed E-state index contributed by atoms with van der Waals surface area (Å²) in [5.74, 6) is -0.662. The highest BCUT2D eigenvalue weighted by molar-refractivity contribution is 6.04. The Bertz CT molecular complexity index is 753. The zero-order valence-electron chi connectivity index (χ0n) is 12.0. The van der Waals surface area contributed by atoms with Crippen molar-refractivity contribution in [2.75, 3.05) is 5.32 Å². The van der Waals surface area contributed by atoms with Gasteiger partial charge in [-0.15, -0.1) is 0 Å². The molecule has 0 saturated carbocycles. The summed E-state index contributed by atoms with van der Waals surface area (Å²) in [6.45, 7) is 2.15. The third-order valence-electron chi connectivity index (χ3n) is 3.02. The summed E-state index contributed by atoms with van der Waals surface area (Å²) in [4.78, 5) is 34.8. The largest absolute Gasteiger partial charge is 0.322 e. The quantitative estimate of drug-likeness (QED) is 0.677. The molecule has 0 unspecified atom stereocenters. The van der Waals surface area contributed by atoms with Crippen LogP contribution in [0.4, 0.5) is 11.4 Å². The minimum absolute atomic E-state index is 0.244. The van der Waals surface area contributed by atoms with Crippen molar-refractivity contribution < 1.29 is 9.72 Å². The molecule has 2 rings (SSSR count). The van der Waals surface area contributed by atoms with Crippen LogP contribution < -0.4 is 10.9 Å². The Morgan fingerprint density at radius 1 is 1.32 bits per heavy atom. The highest BCUT2D eigenvalue weighted by Crippen LogP contribution is 2.13. The summed E-state index contributed by atoms with van der Waals surface area (Å²) >= 11 is 0. The van der Waals surface area contributed by atoms with Gasteiger partial charge in [-0.3, -0.25) is 19.7 Å². The average molecular weight is 301 g/mol. The second kappa shape index (κ2) is 6.66. The number of hydrogen-bond donors (Lipinski definition) is 1. The number of hydrogen-bond acceptors (Lipinski definition) is 4. The van der Waals surface area contributed by atoms with Crippen molar-refractivity contribution in [3.8, 4) is 0 Å². The van der Waals surface area contributed by atoms with Crippen LogP contribution in [0.25, 0.3) is 0 Å². The molecule has 0 atom stereocenters. The van der Waals surface area contributed by atoms with E-state index in [2.05, 4.69) is 5.32 Å². The van der Waals surface area contributed by atoms with Crippen molar-refractivity contribution in [3.05, 3.63) is 68.6 Å². The van der Waals surface area contributed by atoms with Gasteiger partial charge in [0.15, 0.2) is 0 Å². The van der Waals surface area contributed by atoms with Crippen LogP contribution in [0.5, 0.6) is 0 Å². The second-order valence-corrected chi connectivity index (χ2v) is 4.69. The lowest BCUT2D eigenvalue weighted by molar-refractivity contribution is -0.385. The van der Waals surface area contributed by atoms with Crippen molar-refractivity contribution in [1.29, 1.82) is 0 Å². The Hall–Kier alpha value is -2.96. The number of para-hydroxylation sites is 1. The number of nitrogens with zero attached hydrogens (tertiary/aromatic N) is 2. The van der Waals surface area contributed by atoms with Crippen LogP contribution >= 0.6 is 0 Å². The molecule has 1 aromatic carbocycles. The fourth-order valence-electron chi connectivity index (χ4n) is 2.01. The smallest absolute Gasteiger partial charge is 0.286 e. The monoisotopic (exact) mass is 301 g/mol. The molecule has 0 saturated heterocycles. The Morgan fingerprint density at radius 2 is 2.00 bits per heavy atom. The maximum absolute atomic E-state index is 12.2. The van der Waals surface area contributed by atoms with E-state index in [9.17, 15) is 19.7 Å². The van der Waals surface area contributed by atoms with E-state index < -0.39 is 16.4 Å². The van der Waals surface area contributed by atoms with Gasteiger partial charge in [-0.05, 0) is 18.6 Å². The van der Waals surface area contributed by atoms with Gasteiger partial charge in [0.1, 0.15) is 5.56 Å². The summed E-state index contributed by atoms with van der Waals surface area (Å²) in [7, 11) is 0. The first kappa shape index (κ1) is 15.4. The van der Waals surface area contributed by atoms with Crippen LogP contribution in [0.3, 0.4) is 0 Å². The second-order valence-electron chi connectivity index (χ2n) is 4.69. The Balaban J connectivity index is 2.42. The normalized spacial score (nSPS) is 10.2. The van der Waals surface area contributed by atoms with E-state index in [-0.39, 0.29) is 11.3 Å². The fourth-order valence-corrected chi connectivity index (χ4v) is 2.01. The summed E-state index contributed by atoms with van der Waals surface area (Å²) in [5.41, 5.74) is -0.556. The molecule has 7 nitrogen and oxygen atoms in total. The molecule has 0 aliphatic rings. The molecule has 0 spiro atoms. The maximum Gasteiger partial charge on any atom is 0.286 e. The number of nitro groups is 1. The Kier molecular flexibility index (Phi) is 4.67. The number of rotatable bonds is 5. The lowest BCUT2D eigenvalue weighted by atomic mass is 10.2. The van der Waals surface area contributed by atoms with Gasteiger partial charge in [0.25, 0.3) is 17.2 Å². The number of amides is 1. The molecule has 1 aromatic heterocycles. The van der Waals surface area contributed by atoms with Gasteiger partial charge in [-0.2, -0.15) is 0 Å². The van der Waals surface area contributed by atoms with Gasteiger partial charge in [0.2, 0.25) is 0 Å². The van der Waals surface area contributed by atoms with Crippen molar-refractivity contribution >= 4 is 17.3 Å². The van der Waals surface area contributed by atoms with E-state index in [1.165, 1.54) is 4.57 Å². The maximum atomic E-state index is 12.2. The Morgan fingerprint density at radius 3 is 2.59 bits per heavy atom. The number of aryl methyl sites for hydroxylation is 1. The number of carbonyl (C=O) groups is 1. The first-order valence-corrected chi connectivity index (χ1v) is 6.78. The molecule has 0 fully saturated rings. The minimum atomic E-state index is -0.662. The molecule has 0 radical (unpaired) electrons. The van der Waals surface area contributed by atoms with E-state index in [4.69, 9.17) is 0 Å². The van der Waals surface area contributed by atoms with Gasteiger partial charge in [-0.25, -0.2) is 0 Å². The molecule has 0 aliphatic carbocycles. The molecule has 1 N–H and O–H groups in total. The number of carbonyl (C=O) groups excluding carboxylic acids is 1. The number of anilines is 1. The van der Waals surface area contributed by atoms with Gasteiger partial charge in [0, 0.05) is 18.3 Å². The lowest BCUT2D eigenvalue weighted by Gasteiger charge is -2.08. The van der Waals surface area contributed by atoms with Crippen LogP contribution in [0, 0.1) is 10.1 Å². The minimum Gasteiger partial charge on any atom is -0.322 e. The molecule has 0 aliphatic heterocycles. The van der Waals surface area contributed by atoms with Crippen LogP contribution in [0.2, 0.25) is 0 Å². The number of aromatic nitrogens is 1. The highest BCUT2D eigenvalue weighted by atomic mass is 16.6. The van der Waals surface area contributed by atoms with Crippen molar-refractivity contribution in [1.82, 2.24) is 4.57 Å². The average Bonchev–Trinajstić information content (AvgIpc) is 2.50. The fraction of sp³-hybridized carbons (Fsp3) is 0.200. The van der Waals surface area contributed by atoms with Crippen molar-refractivity contribution in [2.45, 2.75) is 19.9 Å². The lowest BCUT2D eigenvalue weighted by Crippen LogP contribution is -2.29. The molecule has 22 heavy (non-hydrogen) atoms. The van der Waals surface area contributed by atoms with Crippen LogP contribution in [-0.4, -0.2) is 15.4 Å². The van der Waals surface area contributed by atoms with E-state index in [0.717, 1.165) is 12.3 Å². The zero-order chi connectivity index (χ0) is 16.1. The van der Waals surface area contributed by atoms with Gasteiger partial charge < -0.3 is 9.88 Å². The number of benzene rings is 1. The predicted octanol–water partition coefficient (Wildman–Crippen LogP) is 2.42. The molecule has 2 aromatic rings. The molecule has 7 heteroatoms. The third-order valence-corrected chi connectivity index (χ3v) is 3.02. The van der Waals surface area contributed by atoms with Crippen molar-refractivity contribution in [3.63, 3.8) is 0 Å². The summed E-state index contributed by atoms with van der Waals surface area (Å²) < 4.78 is 1.19. The van der Waals surface area contributed by atoms with E-state index >= 15 is 0 Å². The van der Waals surface area contributed by atoms with Gasteiger partial charge in [-0.1, -0.05) is 25.1 Å². The predicted molar refractivity (Wildman–Crippen MR) is 82.0 cm³/mol. The third kappa shape index (κ3) is 3.38. The van der Waals surface area contributed by atoms with E-state index in [1.54, 1.807) is 30.3 Å². The molecule has 0 bridgehead atoms. The summed E-state index contributed by atoms with van der Waals surface area (Å²) in [6.07, 6.45) is 1.78. The van der Waals surface area contributed by atoms with Crippen LogP contribution in [0.1, 0.15) is 23.7 Å². The molecule has 1 heterocycles. The van der Waals surface area contributed by atoms with Crippen molar-refractivity contribution in [2.24, 2.45) is 0 Å². The molecular formula is C15H15N3O4. The molecule has 1 amide bonds. The molecular weight excluding hydrogens is 286 g/mol. The van der Waals surface area contributed by atoms with Gasteiger partial charge in [0.05, 0.1) is 11.1 Å². The van der Waals surface area contributed by atoms with Crippen LogP contribution in [0.15, 0.2) is 47.4 Å². The first-order chi connectivity index (χ1) is 10.5. The highest BCUT2D eigenvalue weighted by Gasteiger charge is 2.19. The van der Waals surface area contributed by atoms with E-state index in [0.29, 0.717) is 18.7 Å². The SMILES string of the molecule is CCCn1cc([N+](=O)[O-])cc(C(=O)Nc2ccccc2)c1=O.